The van der Waals surface area contributed by atoms with E-state index in [2.05, 4.69) is 20.0 Å². The van der Waals surface area contributed by atoms with E-state index in [-0.39, 0.29) is 36.4 Å². The quantitative estimate of drug-likeness (QED) is 0.107. The first-order valence-corrected chi connectivity index (χ1v) is 15.2. The predicted molar refractivity (Wildman–Crippen MR) is 159 cm³/mol. The van der Waals surface area contributed by atoms with E-state index in [9.17, 15) is 20.0 Å². The topological polar surface area (TPSA) is 139 Å². The van der Waals surface area contributed by atoms with Crippen LogP contribution in [0.15, 0.2) is 52.6 Å². The van der Waals surface area contributed by atoms with Gasteiger partial charge in [0.1, 0.15) is 11.9 Å². The smallest absolute Gasteiger partial charge is 0.305 e. The molecule has 0 radical (unpaired) electrons. The zero-order chi connectivity index (χ0) is 30.3. The highest BCUT2D eigenvalue weighted by Crippen LogP contribution is 2.37. The van der Waals surface area contributed by atoms with Gasteiger partial charge in [-0.25, -0.2) is 4.39 Å². The number of β-amino-alcohol motifs (C(OH)–C–C–N with tert-alkyl or cyclic N) is 1. The van der Waals surface area contributed by atoms with E-state index in [4.69, 9.17) is 9.73 Å². The molecule has 228 valence electrons. The third kappa shape index (κ3) is 7.09. The molecule has 0 amide bonds. The molecule has 2 aliphatic heterocycles. The Hall–Kier alpha value is -3.72. The first kappa shape index (κ1) is 30.7. The van der Waals surface area contributed by atoms with Crippen LogP contribution in [0.3, 0.4) is 0 Å². The number of rotatable bonds is 12. The van der Waals surface area contributed by atoms with E-state index in [0.29, 0.717) is 28.8 Å². The van der Waals surface area contributed by atoms with Crippen LogP contribution in [0.5, 0.6) is 0 Å². The molecule has 1 N–H and O–H groups in total. The predicted octanol–water partition coefficient (Wildman–Crippen LogP) is 3.25. The summed E-state index contributed by atoms with van der Waals surface area (Å²) in [7, 11) is 1.31. The molecular formula is C29H34FN7O5S. The van der Waals surface area contributed by atoms with Gasteiger partial charge in [0.25, 0.3) is 5.69 Å². The van der Waals surface area contributed by atoms with Crippen LogP contribution in [0, 0.1) is 15.9 Å². The number of thioether (sulfide) groups is 1. The number of nitro groups is 1. The Morgan fingerprint density at radius 1 is 1.12 bits per heavy atom. The van der Waals surface area contributed by atoms with Crippen molar-refractivity contribution >= 4 is 29.1 Å². The van der Waals surface area contributed by atoms with Crippen molar-refractivity contribution in [3.63, 3.8) is 0 Å². The number of carbonyl (C=O) groups excluding carboxylic acids is 1. The number of piperazine rings is 1. The highest BCUT2D eigenvalue weighted by atomic mass is 32.2. The number of halogens is 1. The van der Waals surface area contributed by atoms with Gasteiger partial charge in [0.05, 0.1) is 30.0 Å². The third-order valence-electron chi connectivity index (χ3n) is 7.64. The number of aliphatic imine (C=N–C) groups is 1. The Morgan fingerprint density at radius 2 is 1.86 bits per heavy atom. The Bertz CT molecular complexity index is 1490. The normalized spacial score (nSPS) is 17.1. The number of esters is 1. The molecule has 0 spiro atoms. The molecule has 0 unspecified atom stereocenters. The molecule has 3 aromatic rings. The fourth-order valence-corrected chi connectivity index (χ4v) is 6.25. The van der Waals surface area contributed by atoms with E-state index >= 15 is 4.39 Å². The maximum Gasteiger partial charge on any atom is 0.305 e. The third-order valence-corrected chi connectivity index (χ3v) is 8.65. The number of fused-ring (bicyclic) bond motifs is 3. The molecule has 1 saturated heterocycles. The molecule has 1 atom stereocenters. The van der Waals surface area contributed by atoms with Crippen molar-refractivity contribution in [2.24, 2.45) is 4.99 Å². The lowest BCUT2D eigenvalue weighted by Crippen LogP contribution is -2.47. The Balaban J connectivity index is 1.46. The zero-order valence-corrected chi connectivity index (χ0v) is 24.7. The summed E-state index contributed by atoms with van der Waals surface area (Å²) in [5.74, 6) is 0.283. The lowest BCUT2D eigenvalue weighted by atomic mass is 9.99. The average Bonchev–Trinajstić information content (AvgIpc) is 3.38. The number of methoxy groups -OCH3 is 1. The van der Waals surface area contributed by atoms with Gasteiger partial charge in [-0.3, -0.25) is 29.4 Å². The number of nitro benzene ring substituents is 1. The fraction of sp³-hybridized carbons (Fsp3) is 0.448. The Morgan fingerprint density at radius 3 is 2.56 bits per heavy atom. The lowest BCUT2D eigenvalue weighted by molar-refractivity contribution is -0.384. The van der Waals surface area contributed by atoms with Gasteiger partial charge in [-0.1, -0.05) is 23.9 Å². The largest absolute Gasteiger partial charge is 0.469 e. The number of hydrogen-bond donors (Lipinski definition) is 1. The van der Waals surface area contributed by atoms with Gasteiger partial charge in [-0.15, -0.1) is 10.2 Å². The van der Waals surface area contributed by atoms with Crippen LogP contribution < -0.4 is 0 Å². The number of ether oxygens (including phenoxy) is 1. The number of aliphatic hydroxyl groups is 1. The maximum atomic E-state index is 15.2. The second-order valence-corrected chi connectivity index (χ2v) is 11.4. The van der Waals surface area contributed by atoms with Crippen molar-refractivity contribution in [1.82, 2.24) is 24.6 Å². The number of aliphatic hydroxyl groups excluding tert-OH is 1. The summed E-state index contributed by atoms with van der Waals surface area (Å²) >= 11 is 1.52. The summed E-state index contributed by atoms with van der Waals surface area (Å²) in [4.78, 5) is 32.9. The lowest BCUT2D eigenvalue weighted by Gasteiger charge is -2.34. The molecule has 1 fully saturated rings. The SMILES string of the molecule is COC(=O)CC[C@@H]1N=C(c2ccccc2F)c2cc([N+](=O)[O-])ccc2-n2c(SCCCN3CCN(CCO)CC3)nnc21. The van der Waals surface area contributed by atoms with Crippen LogP contribution in [0.25, 0.3) is 5.69 Å². The van der Waals surface area contributed by atoms with Gasteiger partial charge in [-0.2, -0.15) is 0 Å². The van der Waals surface area contributed by atoms with E-state index in [1.807, 2.05) is 4.57 Å². The average molecular weight is 612 g/mol. The number of carbonyl (C=O) groups is 1. The van der Waals surface area contributed by atoms with Crippen LogP contribution in [0.1, 0.15) is 42.3 Å². The molecule has 12 nitrogen and oxygen atoms in total. The Kier molecular flexibility index (Phi) is 10.1. The number of nitrogens with zero attached hydrogens (tertiary/aromatic N) is 7. The van der Waals surface area contributed by atoms with Crippen LogP contribution >= 0.6 is 11.8 Å². The second-order valence-electron chi connectivity index (χ2n) is 10.3. The van der Waals surface area contributed by atoms with E-state index in [0.717, 1.165) is 44.9 Å². The summed E-state index contributed by atoms with van der Waals surface area (Å²) in [6, 6.07) is 9.89. The minimum Gasteiger partial charge on any atom is -0.469 e. The monoisotopic (exact) mass is 611 g/mol. The number of aromatic nitrogens is 3. The van der Waals surface area contributed by atoms with Crippen LogP contribution in [-0.2, 0) is 9.53 Å². The summed E-state index contributed by atoms with van der Waals surface area (Å²) in [5.41, 5.74) is 1.21. The maximum absolute atomic E-state index is 15.2. The van der Waals surface area contributed by atoms with Crippen molar-refractivity contribution in [2.45, 2.75) is 30.5 Å². The standard InChI is InChI=1S/C29H34FN7O5S/c1-42-26(39)10-8-24-28-32-33-29(43-18-4-11-34-12-14-35(15-13-34)16-17-38)36(28)25-9-7-20(37(40)41)19-22(25)27(31-24)21-5-2-3-6-23(21)30/h2-3,5-7,9,19,24,38H,4,8,10-18H2,1H3/t24-/m0/s1. The molecule has 3 heterocycles. The first-order chi connectivity index (χ1) is 20.9. The van der Waals surface area contributed by atoms with Crippen LogP contribution in [0.2, 0.25) is 0 Å². The molecule has 0 saturated carbocycles. The molecule has 2 aliphatic rings. The van der Waals surface area contributed by atoms with Crippen molar-refractivity contribution in [3.05, 3.63) is 75.3 Å². The molecule has 0 bridgehead atoms. The van der Waals surface area contributed by atoms with Crippen molar-refractivity contribution in [3.8, 4) is 5.69 Å². The van der Waals surface area contributed by atoms with Gasteiger partial charge >= 0.3 is 5.97 Å². The number of hydrogen-bond acceptors (Lipinski definition) is 11. The van der Waals surface area contributed by atoms with E-state index in [1.54, 1.807) is 24.3 Å². The van der Waals surface area contributed by atoms with Gasteiger partial charge in [-0.05, 0) is 37.6 Å². The minimum atomic E-state index is -0.683. The first-order valence-electron chi connectivity index (χ1n) is 14.2. The van der Waals surface area contributed by atoms with Gasteiger partial charge in [0.15, 0.2) is 11.0 Å². The highest BCUT2D eigenvalue weighted by molar-refractivity contribution is 7.99. The summed E-state index contributed by atoms with van der Waals surface area (Å²) in [6.45, 7) is 5.58. The van der Waals surface area contributed by atoms with E-state index < -0.39 is 22.8 Å². The van der Waals surface area contributed by atoms with E-state index in [1.165, 1.54) is 37.1 Å². The number of benzene rings is 2. The molecule has 0 aliphatic carbocycles. The summed E-state index contributed by atoms with van der Waals surface area (Å²) in [6.07, 6.45) is 1.18. The summed E-state index contributed by atoms with van der Waals surface area (Å²) < 4.78 is 21.8. The zero-order valence-electron chi connectivity index (χ0n) is 23.9. The minimum absolute atomic E-state index is 0.0482. The molecule has 43 heavy (non-hydrogen) atoms. The molecule has 1 aromatic heterocycles. The van der Waals surface area contributed by atoms with Crippen LogP contribution in [-0.4, -0.2) is 105 Å². The van der Waals surface area contributed by atoms with Crippen LogP contribution in [0.4, 0.5) is 10.1 Å². The Labute approximate surface area is 252 Å². The van der Waals surface area contributed by atoms with Crippen molar-refractivity contribution in [2.75, 3.05) is 58.7 Å². The number of non-ortho nitro benzene ring substituents is 1. The highest BCUT2D eigenvalue weighted by Gasteiger charge is 2.31. The molecule has 2 aromatic carbocycles. The summed E-state index contributed by atoms with van der Waals surface area (Å²) in [5, 5.41) is 30.5. The van der Waals surface area contributed by atoms with Gasteiger partial charge in [0, 0.05) is 68.2 Å². The van der Waals surface area contributed by atoms with Crippen molar-refractivity contribution < 1.29 is 24.0 Å². The molecule has 5 rings (SSSR count). The van der Waals surface area contributed by atoms with Gasteiger partial charge in [0.2, 0.25) is 0 Å². The molecular weight excluding hydrogens is 577 g/mol. The van der Waals surface area contributed by atoms with Gasteiger partial charge < -0.3 is 14.7 Å². The van der Waals surface area contributed by atoms with Crippen molar-refractivity contribution in [1.29, 1.82) is 0 Å². The fourth-order valence-electron chi connectivity index (χ4n) is 5.37. The molecule has 14 heteroatoms. The second kappa shape index (κ2) is 14.2.